The maximum Gasteiger partial charge on any atom is 0.164 e. The molecule has 0 saturated carbocycles. The summed E-state index contributed by atoms with van der Waals surface area (Å²) in [6.45, 7) is 4.08. The number of hydrogen-bond acceptors (Lipinski definition) is 6. The summed E-state index contributed by atoms with van der Waals surface area (Å²) in [7, 11) is 0. The minimum atomic E-state index is 0.536. The fourth-order valence-electron chi connectivity index (χ4n) is 8.40. The quantitative estimate of drug-likeness (QED) is 0.145. The predicted molar refractivity (Wildman–Crippen MR) is 257 cm³/mol. The van der Waals surface area contributed by atoms with E-state index in [-0.39, 0.29) is 0 Å². The molecule has 0 bridgehead atoms. The van der Waals surface area contributed by atoms with Gasteiger partial charge in [0.05, 0.1) is 5.69 Å². The van der Waals surface area contributed by atoms with Crippen LogP contribution >= 0.6 is 0 Å². The Hall–Kier alpha value is -8.61. The van der Waals surface area contributed by atoms with Crippen molar-refractivity contribution in [1.82, 2.24) is 15.0 Å². The van der Waals surface area contributed by atoms with Crippen LogP contribution in [0.25, 0.3) is 102 Å². The number of aromatic nitrogens is 3. The molecule has 63 heavy (non-hydrogen) atoms. The van der Waals surface area contributed by atoms with Gasteiger partial charge in [0.15, 0.2) is 17.5 Å². The van der Waals surface area contributed by atoms with Crippen molar-refractivity contribution in [2.24, 2.45) is 0 Å². The molecule has 0 amide bonds. The van der Waals surface area contributed by atoms with Crippen molar-refractivity contribution in [3.05, 3.63) is 223 Å². The Morgan fingerprint density at radius 3 is 1.68 bits per heavy atom. The van der Waals surface area contributed by atoms with E-state index in [4.69, 9.17) is 23.8 Å². The lowest BCUT2D eigenvalue weighted by Crippen LogP contribution is -2.25. The molecule has 0 saturated heterocycles. The molecule has 11 rings (SSSR count). The Morgan fingerprint density at radius 1 is 0.429 bits per heavy atom. The van der Waals surface area contributed by atoms with Crippen LogP contribution in [0, 0.1) is 0 Å². The summed E-state index contributed by atoms with van der Waals surface area (Å²) in [6.07, 6.45) is 5.83. The molecule has 0 atom stereocenters. The van der Waals surface area contributed by atoms with E-state index in [0.717, 1.165) is 82.9 Å². The summed E-state index contributed by atoms with van der Waals surface area (Å²) >= 11 is 0. The highest BCUT2D eigenvalue weighted by Gasteiger charge is 2.20. The molecule has 0 spiro atoms. The van der Waals surface area contributed by atoms with Crippen LogP contribution in [-0.4, -0.2) is 15.0 Å². The van der Waals surface area contributed by atoms with Crippen molar-refractivity contribution < 1.29 is 8.83 Å². The number of hydrogen-bond donors (Lipinski definition) is 0. The van der Waals surface area contributed by atoms with Crippen LogP contribution in [-0.2, 0) is 0 Å². The average molecular weight is 811 g/mol. The Labute approximate surface area is 363 Å². The highest BCUT2D eigenvalue weighted by molar-refractivity contribution is 6.09. The number of allylic oxidation sites excluding steroid dienone is 1. The third-order valence-electron chi connectivity index (χ3n) is 11.4. The minimum Gasteiger partial charge on any atom is -0.456 e. The number of anilines is 2. The first kappa shape index (κ1) is 37.4. The zero-order valence-electron chi connectivity index (χ0n) is 34.1. The SMILES string of the molecule is C=C/C=c1/oc2cccc(-c3nc(-c4ccccc4)nc(-c4ccccc4)n3)c2/c1=C/N(c1ccc(-c2cccc3c2oc2ccccc23)cc1)c1ccccc1-c1ccccc1. The van der Waals surface area contributed by atoms with Crippen molar-refractivity contribution in [1.29, 1.82) is 0 Å². The van der Waals surface area contributed by atoms with Gasteiger partial charge in [-0.05, 0) is 47.5 Å². The van der Waals surface area contributed by atoms with Gasteiger partial charge in [-0.15, -0.1) is 0 Å². The fraction of sp³-hybridized carbons (Fsp3) is 0. The van der Waals surface area contributed by atoms with Gasteiger partial charge in [-0.2, -0.15) is 0 Å². The van der Waals surface area contributed by atoms with Crippen molar-refractivity contribution in [3.8, 4) is 56.4 Å². The summed E-state index contributed by atoms with van der Waals surface area (Å²) in [5.41, 5.74) is 11.9. The smallest absolute Gasteiger partial charge is 0.164 e. The van der Waals surface area contributed by atoms with Gasteiger partial charge in [-0.1, -0.05) is 183 Å². The standard InChI is InChI=1S/C57H38N4O2/c1-2-18-50-48(53-47(29-17-32-52(53)62-50)57-59-55(40-21-8-4-9-22-40)58-56(60-57)41-23-10-5-11-24-41)37-61(49-30-14-12-25-43(49)38-19-6-3-7-20-38)42-35-33-39(34-36-42)44-27-16-28-46-45-26-13-15-31-51(45)63-54(44)46/h2-37H,1H2/b48-37+,50-18+. The predicted octanol–water partition coefficient (Wildman–Crippen LogP) is 13.4. The molecular weight excluding hydrogens is 773 g/mol. The molecule has 0 aliphatic heterocycles. The van der Waals surface area contributed by atoms with Crippen molar-refractivity contribution >= 4 is 56.6 Å². The lowest BCUT2D eigenvalue weighted by molar-refractivity contribution is 0.575. The molecule has 0 radical (unpaired) electrons. The molecule has 8 aromatic carbocycles. The summed E-state index contributed by atoms with van der Waals surface area (Å²) in [5, 5.41) is 3.91. The van der Waals surface area contributed by atoms with Crippen LogP contribution in [0.2, 0.25) is 0 Å². The van der Waals surface area contributed by atoms with Gasteiger partial charge >= 0.3 is 0 Å². The van der Waals surface area contributed by atoms with Gasteiger partial charge in [0.1, 0.15) is 22.2 Å². The number of fused-ring (bicyclic) bond motifs is 4. The third kappa shape index (κ3) is 6.95. The molecule has 0 aliphatic carbocycles. The molecule has 6 nitrogen and oxygen atoms in total. The Balaban J connectivity index is 1.15. The van der Waals surface area contributed by atoms with E-state index in [1.165, 1.54) is 0 Å². The Morgan fingerprint density at radius 2 is 0.968 bits per heavy atom. The normalized spacial score (nSPS) is 12.1. The van der Waals surface area contributed by atoms with E-state index in [1.807, 2.05) is 97.1 Å². The Bertz CT molecular complexity index is 3520. The first-order chi connectivity index (χ1) is 31.2. The zero-order chi connectivity index (χ0) is 42.1. The molecule has 0 aliphatic rings. The van der Waals surface area contributed by atoms with Gasteiger partial charge in [-0.25, -0.2) is 15.0 Å². The Kier molecular flexibility index (Phi) is 9.56. The van der Waals surface area contributed by atoms with Crippen LogP contribution < -0.4 is 15.5 Å². The molecule has 3 heterocycles. The average Bonchev–Trinajstić information content (AvgIpc) is 3.92. The maximum atomic E-state index is 6.70. The number of rotatable bonds is 9. The van der Waals surface area contributed by atoms with Crippen LogP contribution in [0.3, 0.4) is 0 Å². The highest BCUT2D eigenvalue weighted by Crippen LogP contribution is 2.39. The second-order valence-corrected chi connectivity index (χ2v) is 15.2. The van der Waals surface area contributed by atoms with E-state index < -0.39 is 0 Å². The molecule has 11 aromatic rings. The number of furan rings is 2. The largest absolute Gasteiger partial charge is 0.456 e. The molecule has 0 N–H and O–H groups in total. The molecule has 0 unspecified atom stereocenters. The van der Waals surface area contributed by atoms with E-state index in [1.54, 1.807) is 6.08 Å². The van der Waals surface area contributed by atoms with Gasteiger partial charge < -0.3 is 13.7 Å². The van der Waals surface area contributed by atoms with E-state index >= 15 is 0 Å². The molecule has 3 aromatic heterocycles. The summed E-state index contributed by atoms with van der Waals surface area (Å²) in [5.74, 6) is 1.70. The van der Waals surface area contributed by atoms with Gasteiger partial charge in [-0.3, -0.25) is 0 Å². The van der Waals surface area contributed by atoms with Gasteiger partial charge in [0.25, 0.3) is 0 Å². The van der Waals surface area contributed by atoms with Crippen LogP contribution in [0.4, 0.5) is 11.4 Å². The zero-order valence-corrected chi connectivity index (χ0v) is 34.1. The summed E-state index contributed by atoms with van der Waals surface area (Å²) in [4.78, 5) is 17.5. The summed E-state index contributed by atoms with van der Waals surface area (Å²) < 4.78 is 13.2. The van der Waals surface area contributed by atoms with Gasteiger partial charge in [0, 0.05) is 61.1 Å². The fourth-order valence-corrected chi connectivity index (χ4v) is 8.40. The van der Waals surface area contributed by atoms with E-state index in [9.17, 15) is 0 Å². The van der Waals surface area contributed by atoms with E-state index in [0.29, 0.717) is 28.5 Å². The van der Waals surface area contributed by atoms with Crippen molar-refractivity contribution in [2.45, 2.75) is 0 Å². The van der Waals surface area contributed by atoms with Crippen LogP contribution in [0.15, 0.2) is 222 Å². The number of nitrogens with zero attached hydrogens (tertiary/aromatic N) is 4. The third-order valence-corrected chi connectivity index (χ3v) is 11.4. The monoisotopic (exact) mass is 810 g/mol. The first-order valence-corrected chi connectivity index (χ1v) is 20.9. The molecule has 0 fully saturated rings. The van der Waals surface area contributed by atoms with E-state index in [2.05, 4.69) is 127 Å². The number of benzene rings is 8. The second kappa shape index (κ2) is 16.1. The minimum absolute atomic E-state index is 0.536. The van der Waals surface area contributed by atoms with Crippen molar-refractivity contribution in [2.75, 3.05) is 4.90 Å². The lowest BCUT2D eigenvalue weighted by Gasteiger charge is -2.24. The van der Waals surface area contributed by atoms with Crippen LogP contribution in [0.1, 0.15) is 0 Å². The summed E-state index contributed by atoms with van der Waals surface area (Å²) in [6, 6.07) is 68.3. The second-order valence-electron chi connectivity index (χ2n) is 15.2. The molecule has 6 heteroatoms. The molecular formula is C57H38N4O2. The topological polar surface area (TPSA) is 68.2 Å². The maximum absolute atomic E-state index is 6.70. The van der Waals surface area contributed by atoms with Crippen LogP contribution in [0.5, 0.6) is 0 Å². The number of para-hydroxylation sites is 3. The van der Waals surface area contributed by atoms with Crippen molar-refractivity contribution in [3.63, 3.8) is 0 Å². The van der Waals surface area contributed by atoms with Gasteiger partial charge in [0.2, 0.25) is 0 Å². The molecule has 298 valence electrons. The first-order valence-electron chi connectivity index (χ1n) is 20.9. The highest BCUT2D eigenvalue weighted by atomic mass is 16.3. The lowest BCUT2D eigenvalue weighted by atomic mass is 10.0.